The van der Waals surface area contributed by atoms with Gasteiger partial charge in [-0.1, -0.05) is 0 Å². The Morgan fingerprint density at radius 2 is 2.41 bits per heavy atom. The van der Waals surface area contributed by atoms with Crippen molar-refractivity contribution < 1.29 is 4.79 Å². The first-order chi connectivity index (χ1) is 8.27. The minimum absolute atomic E-state index is 0.128. The molecule has 2 unspecified atom stereocenters. The van der Waals surface area contributed by atoms with E-state index in [0.29, 0.717) is 17.7 Å². The van der Waals surface area contributed by atoms with E-state index in [0.717, 1.165) is 26.1 Å². The Hall–Kier alpha value is -1.36. The van der Waals surface area contributed by atoms with Gasteiger partial charge in [-0.25, -0.2) is 4.98 Å². The minimum atomic E-state index is 0.128. The molecule has 0 radical (unpaired) electrons. The standard InChI is InChI=1S/C12H18N4O/c1-15-8-14-7-11(15)12(17)16-4-2-3-9-5-13-6-10(9)16/h7-10,13H,2-6H2,1H3. The van der Waals surface area contributed by atoms with Crippen molar-refractivity contribution in [3.63, 3.8) is 0 Å². The van der Waals surface area contributed by atoms with Gasteiger partial charge in [0.15, 0.2) is 0 Å². The lowest BCUT2D eigenvalue weighted by atomic mass is 9.92. The van der Waals surface area contributed by atoms with Crippen LogP contribution in [-0.4, -0.2) is 46.0 Å². The third kappa shape index (κ3) is 1.74. The zero-order chi connectivity index (χ0) is 11.8. The predicted octanol–water partition coefficient (Wildman–Crippen LogP) is 0.244. The van der Waals surface area contributed by atoms with E-state index in [-0.39, 0.29) is 5.91 Å². The van der Waals surface area contributed by atoms with Crippen molar-refractivity contribution in [1.29, 1.82) is 0 Å². The Bertz CT molecular complexity index is 428. The van der Waals surface area contributed by atoms with Crippen LogP contribution in [0.3, 0.4) is 0 Å². The Morgan fingerprint density at radius 1 is 1.53 bits per heavy atom. The highest BCUT2D eigenvalue weighted by Gasteiger charge is 2.38. The van der Waals surface area contributed by atoms with Gasteiger partial charge in [0.2, 0.25) is 0 Å². The summed E-state index contributed by atoms with van der Waals surface area (Å²) in [4.78, 5) is 18.5. The number of piperidine rings is 1. The molecule has 2 atom stereocenters. The lowest BCUT2D eigenvalue weighted by molar-refractivity contribution is 0.0565. The van der Waals surface area contributed by atoms with Gasteiger partial charge in [0, 0.05) is 32.7 Å². The van der Waals surface area contributed by atoms with Crippen LogP contribution in [0.25, 0.3) is 0 Å². The number of carbonyl (C=O) groups excluding carboxylic acids is 1. The van der Waals surface area contributed by atoms with Crippen LogP contribution in [0.4, 0.5) is 0 Å². The van der Waals surface area contributed by atoms with Crippen LogP contribution in [0.2, 0.25) is 0 Å². The van der Waals surface area contributed by atoms with Gasteiger partial charge in [0.25, 0.3) is 5.91 Å². The SMILES string of the molecule is Cn1cncc1C(=O)N1CCCC2CNCC21. The highest BCUT2D eigenvalue weighted by Crippen LogP contribution is 2.27. The molecule has 5 heteroatoms. The molecule has 2 fully saturated rings. The number of carbonyl (C=O) groups is 1. The van der Waals surface area contributed by atoms with Gasteiger partial charge in [-0.2, -0.15) is 0 Å². The second-order valence-electron chi connectivity index (χ2n) is 5.02. The third-order valence-electron chi connectivity index (χ3n) is 3.98. The van der Waals surface area contributed by atoms with Crippen molar-refractivity contribution in [2.24, 2.45) is 13.0 Å². The predicted molar refractivity (Wildman–Crippen MR) is 63.6 cm³/mol. The van der Waals surface area contributed by atoms with E-state index in [2.05, 4.69) is 10.3 Å². The maximum Gasteiger partial charge on any atom is 0.272 e. The maximum absolute atomic E-state index is 12.5. The van der Waals surface area contributed by atoms with Crippen LogP contribution in [0, 0.1) is 5.92 Å². The summed E-state index contributed by atoms with van der Waals surface area (Å²) in [6.07, 6.45) is 5.70. The Morgan fingerprint density at radius 3 is 3.18 bits per heavy atom. The van der Waals surface area contributed by atoms with Crippen LogP contribution < -0.4 is 5.32 Å². The normalized spacial score (nSPS) is 28.2. The monoisotopic (exact) mass is 234 g/mol. The number of rotatable bonds is 1. The van der Waals surface area contributed by atoms with E-state index in [1.807, 2.05) is 11.9 Å². The molecule has 1 aromatic heterocycles. The molecule has 0 aliphatic carbocycles. The van der Waals surface area contributed by atoms with E-state index in [9.17, 15) is 4.79 Å². The lowest BCUT2D eigenvalue weighted by Crippen LogP contribution is -2.48. The van der Waals surface area contributed by atoms with Gasteiger partial charge >= 0.3 is 0 Å². The summed E-state index contributed by atoms with van der Waals surface area (Å²) >= 11 is 0. The Balaban J connectivity index is 1.83. The average Bonchev–Trinajstić information content (AvgIpc) is 2.95. The van der Waals surface area contributed by atoms with Gasteiger partial charge in [0.05, 0.1) is 12.5 Å². The molecule has 2 saturated heterocycles. The quantitative estimate of drug-likeness (QED) is 0.757. The molecule has 1 N–H and O–H groups in total. The van der Waals surface area contributed by atoms with E-state index < -0.39 is 0 Å². The molecule has 3 rings (SSSR count). The first-order valence-electron chi connectivity index (χ1n) is 6.25. The molecular formula is C12H18N4O. The summed E-state index contributed by atoms with van der Waals surface area (Å²) in [5.74, 6) is 0.768. The van der Waals surface area contributed by atoms with Gasteiger partial charge in [0.1, 0.15) is 5.69 Å². The molecule has 3 heterocycles. The van der Waals surface area contributed by atoms with Gasteiger partial charge in [-0.15, -0.1) is 0 Å². The van der Waals surface area contributed by atoms with Crippen molar-refractivity contribution >= 4 is 5.91 Å². The largest absolute Gasteiger partial charge is 0.333 e. The van der Waals surface area contributed by atoms with Crippen molar-refractivity contribution in [3.8, 4) is 0 Å². The van der Waals surface area contributed by atoms with Crippen molar-refractivity contribution in [1.82, 2.24) is 19.8 Å². The van der Waals surface area contributed by atoms with Gasteiger partial charge in [-0.05, 0) is 18.8 Å². The molecule has 17 heavy (non-hydrogen) atoms. The third-order valence-corrected chi connectivity index (χ3v) is 3.98. The number of hydrogen-bond donors (Lipinski definition) is 1. The molecule has 1 aromatic rings. The summed E-state index contributed by atoms with van der Waals surface area (Å²) in [6.45, 7) is 2.88. The molecule has 2 aliphatic rings. The van der Waals surface area contributed by atoms with Crippen molar-refractivity contribution in [2.75, 3.05) is 19.6 Å². The maximum atomic E-state index is 12.5. The zero-order valence-corrected chi connectivity index (χ0v) is 10.1. The fourth-order valence-corrected chi connectivity index (χ4v) is 3.03. The van der Waals surface area contributed by atoms with E-state index in [1.54, 1.807) is 17.1 Å². The number of aromatic nitrogens is 2. The zero-order valence-electron chi connectivity index (χ0n) is 10.1. The number of nitrogens with one attached hydrogen (secondary N) is 1. The molecule has 5 nitrogen and oxygen atoms in total. The fraction of sp³-hybridized carbons (Fsp3) is 0.667. The highest BCUT2D eigenvalue weighted by atomic mass is 16.2. The van der Waals surface area contributed by atoms with Gasteiger partial charge < -0.3 is 14.8 Å². The smallest absolute Gasteiger partial charge is 0.272 e. The van der Waals surface area contributed by atoms with E-state index >= 15 is 0 Å². The van der Waals surface area contributed by atoms with Gasteiger partial charge in [-0.3, -0.25) is 4.79 Å². The Labute approximate surface area is 101 Å². The number of likely N-dealkylation sites (tertiary alicyclic amines) is 1. The fourth-order valence-electron chi connectivity index (χ4n) is 3.03. The topological polar surface area (TPSA) is 50.2 Å². The number of fused-ring (bicyclic) bond motifs is 1. The lowest BCUT2D eigenvalue weighted by Gasteiger charge is -2.37. The first-order valence-corrected chi connectivity index (χ1v) is 6.25. The summed E-state index contributed by atoms with van der Waals surface area (Å²) in [7, 11) is 1.87. The van der Waals surface area contributed by atoms with Crippen molar-refractivity contribution in [3.05, 3.63) is 18.2 Å². The van der Waals surface area contributed by atoms with Crippen LogP contribution in [0.5, 0.6) is 0 Å². The van der Waals surface area contributed by atoms with Crippen LogP contribution in [-0.2, 0) is 7.05 Å². The number of nitrogens with zero attached hydrogens (tertiary/aromatic N) is 3. The molecule has 0 saturated carbocycles. The van der Waals surface area contributed by atoms with Crippen LogP contribution in [0.1, 0.15) is 23.3 Å². The second kappa shape index (κ2) is 4.14. The van der Waals surface area contributed by atoms with E-state index in [1.165, 1.54) is 6.42 Å². The first kappa shape index (κ1) is 10.8. The molecule has 2 aliphatic heterocycles. The van der Waals surface area contributed by atoms with Crippen molar-refractivity contribution in [2.45, 2.75) is 18.9 Å². The van der Waals surface area contributed by atoms with Crippen LogP contribution in [0.15, 0.2) is 12.5 Å². The minimum Gasteiger partial charge on any atom is -0.333 e. The number of aryl methyl sites for hydroxylation is 1. The average molecular weight is 234 g/mol. The molecule has 0 bridgehead atoms. The summed E-state index contributed by atoms with van der Waals surface area (Å²) in [5, 5.41) is 3.39. The molecule has 1 amide bonds. The van der Waals surface area contributed by atoms with E-state index in [4.69, 9.17) is 0 Å². The number of amides is 1. The highest BCUT2D eigenvalue weighted by molar-refractivity contribution is 5.92. The molecular weight excluding hydrogens is 216 g/mol. The summed E-state index contributed by atoms with van der Waals surface area (Å²) in [5.41, 5.74) is 0.692. The summed E-state index contributed by atoms with van der Waals surface area (Å²) < 4.78 is 1.80. The molecule has 0 aromatic carbocycles. The molecule has 0 spiro atoms. The second-order valence-corrected chi connectivity index (χ2v) is 5.02. The summed E-state index contributed by atoms with van der Waals surface area (Å²) in [6, 6.07) is 0.381. The number of imidazole rings is 1. The Kier molecular flexibility index (Phi) is 2.63. The number of hydrogen-bond acceptors (Lipinski definition) is 3. The molecule has 92 valence electrons. The van der Waals surface area contributed by atoms with Crippen LogP contribution >= 0.6 is 0 Å².